The zero-order chi connectivity index (χ0) is 17.1. The van der Waals surface area contributed by atoms with Gasteiger partial charge in [0.2, 0.25) is 5.91 Å². The van der Waals surface area contributed by atoms with Crippen molar-refractivity contribution in [1.82, 2.24) is 4.90 Å². The van der Waals surface area contributed by atoms with Crippen molar-refractivity contribution < 1.29 is 4.79 Å². The zero-order valence-corrected chi connectivity index (χ0v) is 14.2. The number of likely N-dealkylation sites (tertiary alicyclic amines) is 1. The molecule has 0 aliphatic carbocycles. The third kappa shape index (κ3) is 3.66. The first-order valence-electron chi connectivity index (χ1n) is 8.85. The van der Waals surface area contributed by atoms with Gasteiger partial charge in [-0.15, -0.1) is 0 Å². The van der Waals surface area contributed by atoms with Gasteiger partial charge in [0.15, 0.2) is 0 Å². The van der Waals surface area contributed by atoms with E-state index in [1.165, 1.54) is 10.8 Å². The van der Waals surface area contributed by atoms with Crippen molar-refractivity contribution >= 4 is 22.4 Å². The van der Waals surface area contributed by atoms with Crippen molar-refractivity contribution in [2.45, 2.75) is 18.9 Å². The van der Waals surface area contributed by atoms with Gasteiger partial charge in [-0.1, -0.05) is 60.7 Å². The fourth-order valence-electron chi connectivity index (χ4n) is 3.51. The van der Waals surface area contributed by atoms with E-state index in [-0.39, 0.29) is 5.91 Å². The molecule has 0 bridgehead atoms. The minimum atomic E-state index is 0.215. The molecular weight excluding hydrogens is 308 g/mol. The number of benzene rings is 3. The first-order valence-corrected chi connectivity index (χ1v) is 8.85. The Kier molecular flexibility index (Phi) is 4.38. The van der Waals surface area contributed by atoms with Crippen molar-refractivity contribution in [2.24, 2.45) is 0 Å². The number of carbonyl (C=O) groups excluding carboxylic acids is 1. The van der Waals surface area contributed by atoms with E-state index in [1.807, 2.05) is 35.2 Å². The largest absolute Gasteiger partial charge is 0.380 e. The molecule has 3 nitrogen and oxygen atoms in total. The highest BCUT2D eigenvalue weighted by atomic mass is 16.2. The van der Waals surface area contributed by atoms with Crippen LogP contribution < -0.4 is 5.32 Å². The molecule has 0 spiro atoms. The number of fused-ring (bicyclic) bond motifs is 1. The Hall–Kier alpha value is -2.81. The van der Waals surface area contributed by atoms with Gasteiger partial charge in [0.05, 0.1) is 6.42 Å². The molecule has 126 valence electrons. The quantitative estimate of drug-likeness (QED) is 0.781. The van der Waals surface area contributed by atoms with Crippen LogP contribution in [0.4, 0.5) is 5.69 Å². The number of carbonyl (C=O) groups is 1. The van der Waals surface area contributed by atoms with Crippen LogP contribution in [0.5, 0.6) is 0 Å². The molecule has 1 N–H and O–H groups in total. The standard InChI is InChI=1S/C22H22N2O/c25-22(15-17-10-11-18-6-4-5-7-19(18)14-17)24-13-12-21(16-24)23-20-8-2-1-3-9-20/h1-11,14,21,23H,12-13,15-16H2. The van der Waals surface area contributed by atoms with Crippen LogP contribution in [0.15, 0.2) is 72.8 Å². The molecule has 25 heavy (non-hydrogen) atoms. The predicted octanol–water partition coefficient (Wildman–Crippen LogP) is 4.10. The van der Waals surface area contributed by atoms with Gasteiger partial charge in [0.25, 0.3) is 0 Å². The van der Waals surface area contributed by atoms with Crippen LogP contribution in [0.25, 0.3) is 10.8 Å². The van der Waals surface area contributed by atoms with E-state index in [1.54, 1.807) is 0 Å². The maximum atomic E-state index is 12.6. The average molecular weight is 330 g/mol. The molecule has 3 aromatic rings. The number of anilines is 1. The molecule has 1 atom stereocenters. The minimum absolute atomic E-state index is 0.215. The molecule has 0 saturated carbocycles. The number of hydrogen-bond donors (Lipinski definition) is 1. The monoisotopic (exact) mass is 330 g/mol. The number of rotatable bonds is 4. The molecule has 1 saturated heterocycles. The van der Waals surface area contributed by atoms with Gasteiger partial charge in [-0.25, -0.2) is 0 Å². The number of nitrogens with one attached hydrogen (secondary N) is 1. The maximum Gasteiger partial charge on any atom is 0.227 e. The molecule has 3 heteroatoms. The Morgan fingerprint density at radius 1 is 0.960 bits per heavy atom. The fourth-order valence-corrected chi connectivity index (χ4v) is 3.51. The summed E-state index contributed by atoms with van der Waals surface area (Å²) in [6.07, 6.45) is 1.47. The summed E-state index contributed by atoms with van der Waals surface area (Å²) in [6, 6.07) is 25.1. The van der Waals surface area contributed by atoms with Crippen LogP contribution in [-0.4, -0.2) is 29.9 Å². The lowest BCUT2D eigenvalue weighted by molar-refractivity contribution is -0.129. The second-order valence-electron chi connectivity index (χ2n) is 6.69. The topological polar surface area (TPSA) is 32.3 Å². The van der Waals surface area contributed by atoms with Gasteiger partial charge >= 0.3 is 0 Å². The van der Waals surface area contributed by atoms with Gasteiger partial charge in [0, 0.05) is 24.8 Å². The Labute approximate surface area is 148 Å². The van der Waals surface area contributed by atoms with Crippen LogP contribution in [0.3, 0.4) is 0 Å². The molecule has 1 aliphatic heterocycles. The van der Waals surface area contributed by atoms with Gasteiger partial charge in [-0.2, -0.15) is 0 Å². The smallest absolute Gasteiger partial charge is 0.227 e. The lowest BCUT2D eigenvalue weighted by Crippen LogP contribution is -2.32. The van der Waals surface area contributed by atoms with E-state index in [0.29, 0.717) is 12.5 Å². The minimum Gasteiger partial charge on any atom is -0.380 e. The number of nitrogens with zero attached hydrogens (tertiary/aromatic N) is 1. The van der Waals surface area contributed by atoms with E-state index in [4.69, 9.17) is 0 Å². The van der Waals surface area contributed by atoms with Gasteiger partial charge in [-0.05, 0) is 34.9 Å². The summed E-state index contributed by atoms with van der Waals surface area (Å²) >= 11 is 0. The molecule has 3 aromatic carbocycles. The van der Waals surface area contributed by atoms with E-state index in [9.17, 15) is 4.79 Å². The summed E-state index contributed by atoms with van der Waals surface area (Å²) < 4.78 is 0. The van der Waals surface area contributed by atoms with Crippen LogP contribution in [0, 0.1) is 0 Å². The van der Waals surface area contributed by atoms with Crippen molar-refractivity contribution in [3.8, 4) is 0 Å². The lowest BCUT2D eigenvalue weighted by atomic mass is 10.0. The van der Waals surface area contributed by atoms with Gasteiger partial charge < -0.3 is 10.2 Å². The second-order valence-corrected chi connectivity index (χ2v) is 6.69. The van der Waals surface area contributed by atoms with Crippen LogP contribution in [0.2, 0.25) is 0 Å². The van der Waals surface area contributed by atoms with Crippen molar-refractivity contribution in [3.05, 3.63) is 78.4 Å². The first kappa shape index (κ1) is 15.7. The Morgan fingerprint density at radius 3 is 2.56 bits per heavy atom. The molecule has 1 fully saturated rings. The summed E-state index contributed by atoms with van der Waals surface area (Å²) in [5, 5.41) is 5.93. The Bertz CT molecular complexity index is 875. The molecule has 0 radical (unpaired) electrons. The van der Waals surface area contributed by atoms with Crippen molar-refractivity contribution in [1.29, 1.82) is 0 Å². The van der Waals surface area contributed by atoms with E-state index >= 15 is 0 Å². The van der Waals surface area contributed by atoms with Gasteiger partial charge in [0.1, 0.15) is 0 Å². The Morgan fingerprint density at radius 2 is 1.72 bits per heavy atom. The van der Waals surface area contributed by atoms with Crippen molar-refractivity contribution in [3.63, 3.8) is 0 Å². The van der Waals surface area contributed by atoms with Gasteiger partial charge in [-0.3, -0.25) is 4.79 Å². The summed E-state index contributed by atoms with van der Waals surface area (Å²) in [5.41, 5.74) is 2.21. The number of hydrogen-bond acceptors (Lipinski definition) is 2. The van der Waals surface area contributed by atoms with Crippen LogP contribution in [0.1, 0.15) is 12.0 Å². The van der Waals surface area contributed by atoms with Crippen LogP contribution >= 0.6 is 0 Å². The third-order valence-electron chi connectivity index (χ3n) is 4.85. The van der Waals surface area contributed by atoms with E-state index in [0.717, 1.165) is 30.8 Å². The maximum absolute atomic E-state index is 12.6. The second kappa shape index (κ2) is 6.98. The molecule has 0 aromatic heterocycles. The summed E-state index contributed by atoms with van der Waals surface area (Å²) in [5.74, 6) is 0.215. The summed E-state index contributed by atoms with van der Waals surface area (Å²) in [6.45, 7) is 1.61. The SMILES string of the molecule is O=C(Cc1ccc2ccccc2c1)N1CCC(Nc2ccccc2)C1. The Balaban J connectivity index is 1.38. The summed E-state index contributed by atoms with van der Waals surface area (Å²) in [7, 11) is 0. The average Bonchev–Trinajstić information content (AvgIpc) is 3.11. The number of para-hydroxylation sites is 1. The third-order valence-corrected chi connectivity index (χ3v) is 4.85. The van der Waals surface area contributed by atoms with E-state index in [2.05, 4.69) is 47.8 Å². The zero-order valence-electron chi connectivity index (χ0n) is 14.2. The first-order chi connectivity index (χ1) is 12.3. The van der Waals surface area contributed by atoms with Crippen molar-refractivity contribution in [2.75, 3.05) is 18.4 Å². The highest BCUT2D eigenvalue weighted by Crippen LogP contribution is 2.19. The fraction of sp³-hybridized carbons (Fsp3) is 0.227. The number of amides is 1. The molecule has 1 heterocycles. The highest BCUT2D eigenvalue weighted by molar-refractivity contribution is 5.85. The highest BCUT2D eigenvalue weighted by Gasteiger charge is 2.26. The summed E-state index contributed by atoms with van der Waals surface area (Å²) in [4.78, 5) is 14.6. The normalized spacial score (nSPS) is 17.0. The molecule has 1 aliphatic rings. The molecule has 4 rings (SSSR count). The predicted molar refractivity (Wildman–Crippen MR) is 103 cm³/mol. The molecule has 1 unspecified atom stereocenters. The lowest BCUT2D eigenvalue weighted by Gasteiger charge is -2.18. The van der Waals surface area contributed by atoms with Crippen LogP contribution in [-0.2, 0) is 11.2 Å². The van der Waals surface area contributed by atoms with E-state index < -0.39 is 0 Å². The molecule has 1 amide bonds. The molecular formula is C22H22N2O.